The van der Waals surface area contributed by atoms with Gasteiger partial charge in [-0.15, -0.1) is 0 Å². The van der Waals surface area contributed by atoms with E-state index in [0.717, 1.165) is 33.6 Å². The summed E-state index contributed by atoms with van der Waals surface area (Å²) in [5.41, 5.74) is 5.22. The molecule has 29 heavy (non-hydrogen) atoms. The lowest BCUT2D eigenvalue weighted by atomic mass is 9.80. The molecule has 1 aliphatic carbocycles. The maximum Gasteiger partial charge on any atom is 0.303 e. The number of halogens is 1. The predicted molar refractivity (Wildman–Crippen MR) is 114 cm³/mol. The number of hydrogen-bond donors (Lipinski definition) is 1. The summed E-state index contributed by atoms with van der Waals surface area (Å²) in [6, 6.07) is 14.0. The largest absolute Gasteiger partial charge is 0.489 e. The molecule has 4 heteroatoms. The van der Waals surface area contributed by atoms with Crippen molar-refractivity contribution in [1.82, 2.24) is 0 Å². The molecule has 2 aromatic carbocycles. The molecule has 0 saturated heterocycles. The first-order chi connectivity index (χ1) is 13.8. The van der Waals surface area contributed by atoms with Crippen LogP contribution in [0.25, 0.3) is 5.57 Å². The van der Waals surface area contributed by atoms with Gasteiger partial charge in [-0.1, -0.05) is 36.4 Å². The smallest absolute Gasteiger partial charge is 0.303 e. The highest BCUT2D eigenvalue weighted by atomic mass is 19.1. The SMILES string of the molecule is Cc1c(CCC(=O)O)ccc(OCC2=C(c3ccccc3)CCC(C)(F)C2)c1C. The number of rotatable bonds is 7. The predicted octanol–water partition coefficient (Wildman–Crippen LogP) is 6.07. The summed E-state index contributed by atoms with van der Waals surface area (Å²) >= 11 is 0. The van der Waals surface area contributed by atoms with Gasteiger partial charge in [-0.05, 0) is 79.5 Å². The van der Waals surface area contributed by atoms with Gasteiger partial charge in [0.2, 0.25) is 0 Å². The highest BCUT2D eigenvalue weighted by molar-refractivity contribution is 5.70. The number of hydrogen-bond acceptors (Lipinski definition) is 2. The third-order valence-electron chi connectivity index (χ3n) is 5.89. The lowest BCUT2D eigenvalue weighted by Gasteiger charge is -2.30. The normalized spacial score (nSPS) is 19.3. The van der Waals surface area contributed by atoms with Crippen LogP contribution in [0.3, 0.4) is 0 Å². The van der Waals surface area contributed by atoms with Crippen molar-refractivity contribution in [2.24, 2.45) is 0 Å². The lowest BCUT2D eigenvalue weighted by Crippen LogP contribution is -2.25. The van der Waals surface area contributed by atoms with Crippen molar-refractivity contribution in [3.8, 4) is 5.75 Å². The average molecular weight is 397 g/mol. The van der Waals surface area contributed by atoms with Gasteiger partial charge in [0.05, 0.1) is 0 Å². The van der Waals surface area contributed by atoms with Crippen LogP contribution in [0.5, 0.6) is 5.75 Å². The Morgan fingerprint density at radius 1 is 1.14 bits per heavy atom. The summed E-state index contributed by atoms with van der Waals surface area (Å²) in [7, 11) is 0. The van der Waals surface area contributed by atoms with Crippen LogP contribution in [0.4, 0.5) is 4.39 Å². The quantitative estimate of drug-likeness (QED) is 0.618. The van der Waals surface area contributed by atoms with Gasteiger partial charge in [0, 0.05) is 12.8 Å². The lowest BCUT2D eigenvalue weighted by molar-refractivity contribution is -0.136. The molecule has 0 fully saturated rings. The Morgan fingerprint density at radius 2 is 1.86 bits per heavy atom. The van der Waals surface area contributed by atoms with Crippen molar-refractivity contribution in [2.45, 2.75) is 58.5 Å². The third-order valence-corrected chi connectivity index (χ3v) is 5.89. The molecule has 3 rings (SSSR count). The van der Waals surface area contributed by atoms with Crippen LogP contribution >= 0.6 is 0 Å². The Kier molecular flexibility index (Phi) is 6.41. The fourth-order valence-electron chi connectivity index (χ4n) is 4.01. The Bertz CT molecular complexity index is 913. The number of benzene rings is 2. The number of allylic oxidation sites excluding steroid dienone is 1. The molecule has 0 saturated carbocycles. The summed E-state index contributed by atoms with van der Waals surface area (Å²) in [5.74, 6) is -0.0260. The van der Waals surface area contributed by atoms with Crippen LogP contribution in [0.15, 0.2) is 48.0 Å². The van der Waals surface area contributed by atoms with Gasteiger partial charge in [-0.25, -0.2) is 4.39 Å². The van der Waals surface area contributed by atoms with Crippen LogP contribution in [-0.2, 0) is 11.2 Å². The zero-order chi connectivity index (χ0) is 21.0. The second-order valence-electron chi connectivity index (χ2n) is 8.19. The second-order valence-corrected chi connectivity index (χ2v) is 8.19. The van der Waals surface area contributed by atoms with E-state index in [1.165, 1.54) is 5.57 Å². The number of carboxylic acids is 1. The Hall–Kier alpha value is -2.62. The van der Waals surface area contributed by atoms with Gasteiger partial charge in [0.15, 0.2) is 0 Å². The van der Waals surface area contributed by atoms with Gasteiger partial charge >= 0.3 is 5.97 Å². The number of aliphatic carboxylic acids is 1. The molecule has 0 amide bonds. The first-order valence-electron chi connectivity index (χ1n) is 10.2. The van der Waals surface area contributed by atoms with Crippen molar-refractivity contribution in [3.05, 3.63) is 70.3 Å². The van der Waals surface area contributed by atoms with E-state index in [1.54, 1.807) is 6.92 Å². The zero-order valence-corrected chi connectivity index (χ0v) is 17.4. The Morgan fingerprint density at radius 3 is 2.55 bits per heavy atom. The van der Waals surface area contributed by atoms with Crippen LogP contribution in [0.1, 0.15) is 54.9 Å². The highest BCUT2D eigenvalue weighted by Crippen LogP contribution is 2.40. The minimum Gasteiger partial charge on any atom is -0.489 e. The first kappa shape index (κ1) is 21.1. The Balaban J connectivity index is 1.82. The average Bonchev–Trinajstić information content (AvgIpc) is 2.68. The van der Waals surface area contributed by atoms with Crippen LogP contribution in [-0.4, -0.2) is 23.4 Å². The standard InChI is InChI=1S/C25H29FO3/c1-17-18(2)23(11-9-19(17)10-12-24(27)28)29-16-21-15-25(3,26)14-13-22(21)20-7-5-4-6-8-20/h4-9,11H,10,12-16H2,1-3H3,(H,27,28). The van der Waals surface area contributed by atoms with Gasteiger partial charge in [-0.3, -0.25) is 4.79 Å². The molecule has 1 N–H and O–H groups in total. The molecular formula is C25H29FO3. The molecule has 1 atom stereocenters. The molecular weight excluding hydrogens is 367 g/mol. The number of alkyl halides is 1. The molecule has 3 nitrogen and oxygen atoms in total. The van der Waals surface area contributed by atoms with Crippen LogP contribution in [0.2, 0.25) is 0 Å². The van der Waals surface area contributed by atoms with Crippen molar-refractivity contribution in [3.63, 3.8) is 0 Å². The van der Waals surface area contributed by atoms with Crippen molar-refractivity contribution in [1.29, 1.82) is 0 Å². The number of carbonyl (C=O) groups is 1. The molecule has 1 aliphatic rings. The van der Waals surface area contributed by atoms with E-state index in [0.29, 0.717) is 32.3 Å². The van der Waals surface area contributed by atoms with E-state index in [-0.39, 0.29) is 6.42 Å². The van der Waals surface area contributed by atoms with E-state index >= 15 is 0 Å². The summed E-state index contributed by atoms with van der Waals surface area (Å²) in [6.07, 6.45) is 2.24. The van der Waals surface area contributed by atoms with Gasteiger partial charge < -0.3 is 9.84 Å². The molecule has 0 radical (unpaired) electrons. The molecule has 0 spiro atoms. The Labute approximate surface area is 172 Å². The molecule has 0 heterocycles. The summed E-state index contributed by atoms with van der Waals surface area (Å²) in [4.78, 5) is 10.9. The number of aryl methyl sites for hydroxylation is 1. The molecule has 154 valence electrons. The van der Waals surface area contributed by atoms with Gasteiger partial charge in [-0.2, -0.15) is 0 Å². The van der Waals surface area contributed by atoms with Gasteiger partial charge in [0.25, 0.3) is 0 Å². The second kappa shape index (κ2) is 8.81. The van der Waals surface area contributed by atoms with Crippen LogP contribution < -0.4 is 4.74 Å². The minimum absolute atomic E-state index is 0.114. The third kappa shape index (κ3) is 5.26. The van der Waals surface area contributed by atoms with Crippen LogP contribution in [0, 0.1) is 13.8 Å². The fraction of sp³-hybridized carbons (Fsp3) is 0.400. The van der Waals surface area contributed by atoms with Crippen molar-refractivity contribution < 1.29 is 19.0 Å². The van der Waals surface area contributed by atoms with E-state index in [1.807, 2.05) is 44.2 Å². The number of carboxylic acid groups (broad SMARTS) is 1. The van der Waals surface area contributed by atoms with E-state index < -0.39 is 11.6 Å². The molecule has 2 aromatic rings. The first-order valence-corrected chi connectivity index (χ1v) is 10.2. The minimum atomic E-state index is -1.21. The molecule has 0 bridgehead atoms. The zero-order valence-electron chi connectivity index (χ0n) is 17.4. The molecule has 0 aliphatic heterocycles. The topological polar surface area (TPSA) is 46.5 Å². The highest BCUT2D eigenvalue weighted by Gasteiger charge is 2.31. The molecule has 0 aromatic heterocycles. The summed E-state index contributed by atoms with van der Waals surface area (Å²) < 4.78 is 20.9. The summed E-state index contributed by atoms with van der Waals surface area (Å²) in [5, 5.41) is 8.92. The van der Waals surface area contributed by atoms with E-state index in [2.05, 4.69) is 12.1 Å². The van der Waals surface area contributed by atoms with E-state index in [4.69, 9.17) is 9.84 Å². The maximum absolute atomic E-state index is 14.7. The molecule has 1 unspecified atom stereocenters. The van der Waals surface area contributed by atoms with E-state index in [9.17, 15) is 9.18 Å². The van der Waals surface area contributed by atoms with Gasteiger partial charge in [0.1, 0.15) is 18.0 Å². The van der Waals surface area contributed by atoms with Crippen molar-refractivity contribution >= 4 is 11.5 Å². The monoisotopic (exact) mass is 396 g/mol. The number of ether oxygens (including phenoxy) is 1. The van der Waals surface area contributed by atoms with Crippen molar-refractivity contribution in [2.75, 3.05) is 6.61 Å². The fourth-order valence-corrected chi connectivity index (χ4v) is 4.01. The summed E-state index contributed by atoms with van der Waals surface area (Å²) in [6.45, 7) is 6.01. The maximum atomic E-state index is 14.7.